The first kappa shape index (κ1) is 20.3. The molecule has 0 N–H and O–H groups in total. The van der Waals surface area contributed by atoms with Crippen LogP contribution in [0.1, 0.15) is 114 Å². The summed E-state index contributed by atoms with van der Waals surface area (Å²) in [6.07, 6.45) is 15.5. The van der Waals surface area contributed by atoms with Crippen molar-refractivity contribution in [3.8, 4) is 0 Å². The lowest BCUT2D eigenvalue weighted by molar-refractivity contribution is -0.0850. The molecule has 0 heterocycles. The Morgan fingerprint density at radius 1 is 0.750 bits per heavy atom. The van der Waals surface area contributed by atoms with E-state index >= 15 is 0 Å². The lowest BCUT2D eigenvalue weighted by Crippen LogP contribution is -2.50. The third-order valence-electron chi connectivity index (χ3n) is 9.02. The fourth-order valence-electron chi connectivity index (χ4n) is 7.91. The lowest BCUT2D eigenvalue weighted by Gasteiger charge is -2.57. The average molecular weight is 337 g/mol. The monoisotopic (exact) mass is 336 g/mol. The molecule has 0 amide bonds. The predicted molar refractivity (Wildman–Crippen MR) is 110 cm³/mol. The zero-order valence-corrected chi connectivity index (χ0v) is 18.0. The Morgan fingerprint density at radius 2 is 1.42 bits per heavy atom. The first-order chi connectivity index (χ1) is 11.6. The Balaban J connectivity index is 0.000000586. The van der Waals surface area contributed by atoms with E-state index in [1.165, 1.54) is 12.8 Å². The van der Waals surface area contributed by atoms with Gasteiger partial charge in [-0.25, -0.2) is 0 Å². The molecule has 0 aromatic rings. The Kier molecular flexibility index (Phi) is 6.88. The van der Waals surface area contributed by atoms with Gasteiger partial charge < -0.3 is 0 Å². The van der Waals surface area contributed by atoms with Gasteiger partial charge in [-0.2, -0.15) is 0 Å². The van der Waals surface area contributed by atoms with Gasteiger partial charge >= 0.3 is 0 Å². The summed E-state index contributed by atoms with van der Waals surface area (Å²) in [4.78, 5) is 0. The molecule has 0 radical (unpaired) electrons. The van der Waals surface area contributed by atoms with Crippen molar-refractivity contribution in [3.05, 3.63) is 0 Å². The zero-order valence-electron chi connectivity index (χ0n) is 18.0. The van der Waals surface area contributed by atoms with Crippen LogP contribution in [0.25, 0.3) is 0 Å². The van der Waals surface area contributed by atoms with Crippen LogP contribution in [0.3, 0.4) is 0 Å². The van der Waals surface area contributed by atoms with Crippen LogP contribution >= 0.6 is 0 Å². The minimum absolute atomic E-state index is 0. The van der Waals surface area contributed by atoms with Crippen LogP contribution in [0.15, 0.2) is 0 Å². The van der Waals surface area contributed by atoms with Gasteiger partial charge in [-0.1, -0.05) is 61.3 Å². The van der Waals surface area contributed by atoms with Crippen molar-refractivity contribution in [2.24, 2.45) is 40.4 Å². The topological polar surface area (TPSA) is 0 Å². The Labute approximate surface area is 155 Å². The van der Waals surface area contributed by atoms with Crippen molar-refractivity contribution in [1.29, 1.82) is 0 Å². The van der Waals surface area contributed by atoms with Crippen molar-refractivity contribution in [2.75, 3.05) is 0 Å². The van der Waals surface area contributed by atoms with Gasteiger partial charge in [0.2, 0.25) is 0 Å². The second-order valence-corrected chi connectivity index (χ2v) is 9.28. The molecule has 7 atom stereocenters. The third-order valence-corrected chi connectivity index (χ3v) is 9.02. The van der Waals surface area contributed by atoms with E-state index in [1.807, 2.05) is 27.7 Å². The van der Waals surface area contributed by atoms with Gasteiger partial charge in [0.1, 0.15) is 0 Å². The fraction of sp³-hybridized carbons (Fsp3) is 1.00. The van der Waals surface area contributed by atoms with Crippen LogP contribution in [0.2, 0.25) is 0 Å². The molecule has 7 unspecified atom stereocenters. The van der Waals surface area contributed by atoms with E-state index in [9.17, 15) is 0 Å². The van der Waals surface area contributed by atoms with Gasteiger partial charge in [-0.05, 0) is 91.8 Å². The van der Waals surface area contributed by atoms with Crippen molar-refractivity contribution in [2.45, 2.75) is 113 Å². The summed E-state index contributed by atoms with van der Waals surface area (Å²) in [5, 5.41) is 0. The smallest absolute Gasteiger partial charge is 0 e. The summed E-state index contributed by atoms with van der Waals surface area (Å²) in [6.45, 7) is 15.8. The van der Waals surface area contributed by atoms with Crippen molar-refractivity contribution >= 4 is 0 Å². The minimum atomic E-state index is 0. The molecule has 0 bridgehead atoms. The first-order valence-corrected chi connectivity index (χ1v) is 11.6. The molecule has 0 aliphatic heterocycles. The molecular weight excluding hydrogens is 288 g/mol. The van der Waals surface area contributed by atoms with Gasteiger partial charge in [0.25, 0.3) is 0 Å². The molecule has 24 heavy (non-hydrogen) atoms. The van der Waals surface area contributed by atoms with Crippen molar-refractivity contribution in [3.63, 3.8) is 0 Å². The molecule has 0 nitrogen and oxygen atoms in total. The average Bonchev–Trinajstić information content (AvgIpc) is 3.17. The third kappa shape index (κ3) is 2.99. The van der Waals surface area contributed by atoms with E-state index in [1.54, 1.807) is 51.4 Å². The largest absolute Gasteiger partial charge is 0.0683 e. The minimum Gasteiger partial charge on any atom is -0.0683 e. The molecular formula is C24H48. The van der Waals surface area contributed by atoms with Crippen LogP contribution in [0, 0.1) is 40.4 Å². The normalized spacial score (nSPS) is 48.9. The number of hydrogen-bond donors (Lipinski definition) is 0. The van der Waals surface area contributed by atoms with Crippen LogP contribution in [-0.4, -0.2) is 0 Å². The summed E-state index contributed by atoms with van der Waals surface area (Å²) in [7, 11) is 0. The second-order valence-electron chi connectivity index (χ2n) is 9.28. The highest BCUT2D eigenvalue weighted by molar-refractivity contribution is 5.09. The zero-order chi connectivity index (χ0) is 18.0. The first-order valence-electron chi connectivity index (χ1n) is 11.6. The van der Waals surface area contributed by atoms with E-state index in [4.69, 9.17) is 0 Å². The molecule has 0 aromatic carbocycles. The quantitative estimate of drug-likeness (QED) is 0.451. The molecule has 4 saturated carbocycles. The highest BCUT2D eigenvalue weighted by atomic mass is 14.6. The van der Waals surface area contributed by atoms with Gasteiger partial charge in [0.05, 0.1) is 0 Å². The molecule has 4 aliphatic carbocycles. The molecule has 4 fully saturated rings. The summed E-state index contributed by atoms with van der Waals surface area (Å²) in [5.41, 5.74) is 1.46. The van der Waals surface area contributed by atoms with Crippen molar-refractivity contribution < 1.29 is 1.43 Å². The van der Waals surface area contributed by atoms with Gasteiger partial charge in [-0.15, -0.1) is 0 Å². The van der Waals surface area contributed by atoms with Gasteiger partial charge in [-0.3, -0.25) is 0 Å². The summed E-state index contributed by atoms with van der Waals surface area (Å²) >= 11 is 0. The molecule has 0 heteroatoms. The second kappa shape index (κ2) is 8.13. The van der Waals surface area contributed by atoms with Crippen LogP contribution < -0.4 is 0 Å². The summed E-state index contributed by atoms with van der Waals surface area (Å²) in [5.74, 6) is 5.42. The Bertz CT molecular complexity index is 392. The summed E-state index contributed by atoms with van der Waals surface area (Å²) < 4.78 is 0. The molecule has 144 valence electrons. The van der Waals surface area contributed by atoms with E-state index < -0.39 is 0 Å². The molecule has 0 saturated heterocycles. The Hall–Kier alpha value is 0. The number of hydrogen-bond acceptors (Lipinski definition) is 0. The highest BCUT2D eigenvalue weighted by Gasteiger charge is 2.59. The highest BCUT2D eigenvalue weighted by Crippen LogP contribution is 2.68. The number of rotatable bonds is 1. The number of fused-ring (bicyclic) bond motifs is 5. The van der Waals surface area contributed by atoms with Gasteiger partial charge in [0.15, 0.2) is 0 Å². The van der Waals surface area contributed by atoms with Crippen LogP contribution in [0.4, 0.5) is 0 Å². The van der Waals surface area contributed by atoms with E-state index in [0.29, 0.717) is 0 Å². The summed E-state index contributed by atoms with van der Waals surface area (Å²) in [6, 6.07) is 0. The maximum Gasteiger partial charge on any atom is 0 e. The SMILES string of the molecule is CC.CC.CCC1CCC2C3CCC4CCCC4(C)C3CCC12C.[HH]. The standard InChI is InChI=1S/C20H34.2C2H6.H2/c1-4-14-8-10-17-16-9-7-15-6-5-12-19(15,2)18(16)11-13-20(14,17)3;2*1-2;/h14-18H,4-13H2,1-3H3;2*1-2H3;1H. The maximum absolute atomic E-state index is 2.69. The van der Waals surface area contributed by atoms with E-state index in [-0.39, 0.29) is 1.43 Å². The molecule has 4 rings (SSSR count). The Morgan fingerprint density at radius 3 is 2.08 bits per heavy atom. The van der Waals surface area contributed by atoms with E-state index in [0.717, 1.165) is 40.4 Å². The molecule has 4 aliphatic rings. The van der Waals surface area contributed by atoms with Gasteiger partial charge in [0, 0.05) is 1.43 Å². The lowest BCUT2D eigenvalue weighted by atomic mass is 9.47. The van der Waals surface area contributed by atoms with Crippen LogP contribution in [0.5, 0.6) is 0 Å². The fourth-order valence-corrected chi connectivity index (χ4v) is 7.91. The maximum atomic E-state index is 2.69. The predicted octanol–water partition coefficient (Wildman–Crippen LogP) is 8.35. The van der Waals surface area contributed by atoms with E-state index in [2.05, 4.69) is 20.8 Å². The van der Waals surface area contributed by atoms with Crippen molar-refractivity contribution in [1.82, 2.24) is 0 Å². The molecule has 0 aromatic heterocycles. The van der Waals surface area contributed by atoms with Crippen LogP contribution in [-0.2, 0) is 0 Å². The molecule has 0 spiro atoms.